The molecule has 14 heteroatoms. The van der Waals surface area contributed by atoms with Gasteiger partial charge in [-0.05, 0) is 6.92 Å². The molecule has 0 saturated heterocycles. The SMILES string of the molecule is CCOC(=O)CC(=O)C(F)(F)C(F)(F)C(F)(F)C(F)(F)C(F)(F)F. The molecule has 0 N–H and O–H groups in total. The molecule has 0 fully saturated rings. The smallest absolute Gasteiger partial charge is 0.460 e. The van der Waals surface area contributed by atoms with Crippen LogP contribution in [0, 0.1) is 0 Å². The van der Waals surface area contributed by atoms with Crippen molar-refractivity contribution in [3.63, 3.8) is 0 Å². The fourth-order valence-electron chi connectivity index (χ4n) is 1.20. The molecule has 0 atom stereocenters. The highest BCUT2D eigenvalue weighted by atomic mass is 19.4. The number of hydrogen-bond acceptors (Lipinski definition) is 3. The second-order valence-electron chi connectivity index (χ2n) is 4.20. The first kappa shape index (κ1) is 22.4. The first-order valence-corrected chi connectivity index (χ1v) is 5.64. The Morgan fingerprint density at radius 2 is 1.17 bits per heavy atom. The zero-order valence-corrected chi connectivity index (χ0v) is 11.3. The minimum Gasteiger partial charge on any atom is -0.466 e. The molecule has 0 bridgehead atoms. The van der Waals surface area contributed by atoms with Crippen molar-refractivity contribution in [2.75, 3.05) is 6.61 Å². The highest BCUT2D eigenvalue weighted by molar-refractivity contribution is 6.00. The van der Waals surface area contributed by atoms with E-state index in [1.165, 1.54) is 0 Å². The fourth-order valence-corrected chi connectivity index (χ4v) is 1.20. The van der Waals surface area contributed by atoms with E-state index in [1.54, 1.807) is 0 Å². The molecule has 0 aromatic rings. The molecule has 3 nitrogen and oxygen atoms in total. The van der Waals surface area contributed by atoms with E-state index in [9.17, 15) is 57.9 Å². The summed E-state index contributed by atoms with van der Waals surface area (Å²) in [5.41, 5.74) is 0. The van der Waals surface area contributed by atoms with E-state index < -0.39 is 54.6 Å². The van der Waals surface area contributed by atoms with Gasteiger partial charge in [0, 0.05) is 0 Å². The lowest BCUT2D eigenvalue weighted by Gasteiger charge is -2.36. The van der Waals surface area contributed by atoms with E-state index in [0.29, 0.717) is 0 Å². The van der Waals surface area contributed by atoms with Crippen LogP contribution in [-0.4, -0.2) is 48.2 Å². The number of esters is 1. The van der Waals surface area contributed by atoms with Gasteiger partial charge in [0.05, 0.1) is 6.61 Å². The molecular weight excluding hydrogens is 377 g/mol. The van der Waals surface area contributed by atoms with Crippen LogP contribution in [0.3, 0.4) is 0 Å². The highest BCUT2D eigenvalue weighted by Crippen LogP contribution is 2.57. The van der Waals surface area contributed by atoms with Crippen molar-refractivity contribution >= 4 is 11.8 Å². The van der Waals surface area contributed by atoms with Crippen molar-refractivity contribution < 1.29 is 62.6 Å². The average Bonchev–Trinajstić information content (AvgIpc) is 2.36. The Bertz CT molecular complexity index is 495. The second-order valence-corrected chi connectivity index (χ2v) is 4.20. The van der Waals surface area contributed by atoms with Crippen LogP contribution in [0.15, 0.2) is 0 Å². The van der Waals surface area contributed by atoms with Crippen LogP contribution >= 0.6 is 0 Å². The minimum atomic E-state index is -7.69. The number of halogens is 11. The lowest BCUT2D eigenvalue weighted by atomic mass is 9.94. The number of Topliss-reactive ketones (excluding diaryl/α,β-unsaturated/α-hetero) is 1. The van der Waals surface area contributed by atoms with Gasteiger partial charge in [0.2, 0.25) is 5.78 Å². The summed E-state index contributed by atoms with van der Waals surface area (Å²) in [6.45, 7) is 0.531. The van der Waals surface area contributed by atoms with E-state index in [2.05, 4.69) is 4.74 Å². The third-order valence-corrected chi connectivity index (χ3v) is 2.50. The number of alkyl halides is 11. The first-order valence-electron chi connectivity index (χ1n) is 5.64. The normalized spacial score (nSPS) is 14.5. The average molecular weight is 384 g/mol. The number of carbonyl (C=O) groups is 2. The number of ketones is 1. The number of ether oxygens (including phenoxy) is 1. The summed E-state index contributed by atoms with van der Waals surface area (Å²) in [5, 5.41) is 0. The first-order chi connectivity index (χ1) is 10.4. The molecule has 0 spiro atoms. The van der Waals surface area contributed by atoms with E-state index in [4.69, 9.17) is 0 Å². The van der Waals surface area contributed by atoms with Gasteiger partial charge in [0.15, 0.2) is 0 Å². The maximum absolute atomic E-state index is 13.1. The van der Waals surface area contributed by atoms with E-state index in [-0.39, 0.29) is 0 Å². The van der Waals surface area contributed by atoms with E-state index in [0.717, 1.165) is 6.92 Å². The van der Waals surface area contributed by atoms with Gasteiger partial charge in [-0.15, -0.1) is 0 Å². The van der Waals surface area contributed by atoms with Crippen LogP contribution in [0.25, 0.3) is 0 Å². The maximum atomic E-state index is 13.1. The molecule has 142 valence electrons. The molecule has 0 saturated carbocycles. The molecule has 0 aliphatic heterocycles. The van der Waals surface area contributed by atoms with E-state index >= 15 is 0 Å². The zero-order valence-electron chi connectivity index (χ0n) is 11.3. The van der Waals surface area contributed by atoms with Gasteiger partial charge >= 0.3 is 35.8 Å². The molecule has 0 aromatic heterocycles. The Balaban J connectivity index is 5.84. The van der Waals surface area contributed by atoms with Gasteiger partial charge in [0.25, 0.3) is 0 Å². The standard InChI is InChI=1S/C10H7F11O3/c1-2-24-5(23)3-4(22)6(11,12)7(13,14)8(15,16)9(17,18)10(19,20)21/h2-3H2,1H3. The van der Waals surface area contributed by atoms with Gasteiger partial charge in [0.1, 0.15) is 6.42 Å². The van der Waals surface area contributed by atoms with Gasteiger partial charge in [-0.1, -0.05) is 0 Å². The summed E-state index contributed by atoms with van der Waals surface area (Å²) >= 11 is 0. The molecule has 0 heterocycles. The topological polar surface area (TPSA) is 43.4 Å². The largest absolute Gasteiger partial charge is 0.466 e. The Morgan fingerprint density at radius 3 is 1.50 bits per heavy atom. The van der Waals surface area contributed by atoms with Crippen LogP contribution in [0.5, 0.6) is 0 Å². The van der Waals surface area contributed by atoms with Crippen LogP contribution in [-0.2, 0) is 14.3 Å². The summed E-state index contributed by atoms with van der Waals surface area (Å²) in [6.07, 6.45) is -9.57. The highest BCUT2D eigenvalue weighted by Gasteiger charge is 2.88. The molecule has 0 aliphatic rings. The van der Waals surface area contributed by atoms with Crippen LogP contribution in [0.2, 0.25) is 0 Å². The Labute approximate surface area is 125 Å². The molecule has 0 radical (unpaired) electrons. The Kier molecular flexibility index (Phi) is 5.92. The predicted molar refractivity (Wildman–Crippen MR) is 52.1 cm³/mol. The number of carbonyl (C=O) groups excluding carboxylic acids is 2. The minimum absolute atomic E-state index is 0.545. The number of hydrogen-bond donors (Lipinski definition) is 0. The van der Waals surface area contributed by atoms with E-state index in [1.807, 2.05) is 0 Å². The summed E-state index contributed by atoms with van der Waals surface area (Å²) < 4.78 is 142. The number of rotatable bonds is 7. The van der Waals surface area contributed by atoms with Crippen LogP contribution < -0.4 is 0 Å². The lowest BCUT2D eigenvalue weighted by Crippen LogP contribution is -2.68. The molecular formula is C10H7F11O3. The molecule has 0 rings (SSSR count). The van der Waals surface area contributed by atoms with Crippen molar-refractivity contribution in [2.24, 2.45) is 0 Å². The van der Waals surface area contributed by atoms with Crippen molar-refractivity contribution in [3.8, 4) is 0 Å². The summed E-state index contributed by atoms with van der Waals surface area (Å²) in [5.74, 6) is -34.7. The van der Waals surface area contributed by atoms with Crippen molar-refractivity contribution in [1.82, 2.24) is 0 Å². The monoisotopic (exact) mass is 384 g/mol. The van der Waals surface area contributed by atoms with Gasteiger partial charge in [-0.25, -0.2) is 0 Å². The molecule has 0 aromatic carbocycles. The van der Waals surface area contributed by atoms with Crippen LogP contribution in [0.4, 0.5) is 48.3 Å². The molecule has 0 unspecified atom stereocenters. The predicted octanol–water partition coefficient (Wildman–Crippen LogP) is 3.61. The van der Waals surface area contributed by atoms with Crippen molar-refractivity contribution in [2.45, 2.75) is 43.2 Å². The lowest BCUT2D eigenvalue weighted by molar-refractivity contribution is -0.416. The zero-order chi connectivity index (χ0) is 19.8. The summed E-state index contributed by atoms with van der Waals surface area (Å²) in [7, 11) is 0. The second kappa shape index (κ2) is 6.35. The van der Waals surface area contributed by atoms with Gasteiger partial charge in [-0.3, -0.25) is 9.59 Å². The summed E-state index contributed by atoms with van der Waals surface area (Å²) in [4.78, 5) is 21.5. The third-order valence-electron chi connectivity index (χ3n) is 2.50. The van der Waals surface area contributed by atoms with Crippen LogP contribution in [0.1, 0.15) is 13.3 Å². The third kappa shape index (κ3) is 3.41. The molecule has 0 amide bonds. The van der Waals surface area contributed by atoms with Crippen molar-refractivity contribution in [3.05, 3.63) is 0 Å². The summed E-state index contributed by atoms with van der Waals surface area (Å²) in [6, 6.07) is 0. The molecule has 24 heavy (non-hydrogen) atoms. The fraction of sp³-hybridized carbons (Fsp3) is 0.800. The van der Waals surface area contributed by atoms with Crippen molar-refractivity contribution in [1.29, 1.82) is 0 Å². The van der Waals surface area contributed by atoms with Gasteiger partial charge < -0.3 is 4.74 Å². The molecule has 0 aliphatic carbocycles. The Hall–Kier alpha value is -1.63. The maximum Gasteiger partial charge on any atom is 0.460 e. The van der Waals surface area contributed by atoms with Gasteiger partial charge in [-0.2, -0.15) is 48.3 Å². The Morgan fingerprint density at radius 1 is 0.750 bits per heavy atom. The quantitative estimate of drug-likeness (QED) is 0.383.